The lowest BCUT2D eigenvalue weighted by Crippen LogP contribution is -2.08. The lowest BCUT2D eigenvalue weighted by molar-refractivity contribution is 0.462. The minimum atomic E-state index is -0.621. The van der Waals surface area contributed by atoms with Gasteiger partial charge in [0.05, 0.1) is 11.7 Å². The van der Waals surface area contributed by atoms with Crippen molar-refractivity contribution in [1.82, 2.24) is 0 Å². The summed E-state index contributed by atoms with van der Waals surface area (Å²) in [4.78, 5) is 0. The molecule has 0 saturated heterocycles. The van der Waals surface area contributed by atoms with Gasteiger partial charge in [0, 0.05) is 5.56 Å². The fourth-order valence-electron chi connectivity index (χ4n) is 1.79. The van der Waals surface area contributed by atoms with Gasteiger partial charge >= 0.3 is 0 Å². The van der Waals surface area contributed by atoms with Gasteiger partial charge in [0.2, 0.25) is 0 Å². The Labute approximate surface area is 108 Å². The quantitative estimate of drug-likeness (QED) is 0.881. The van der Waals surface area contributed by atoms with E-state index in [2.05, 4.69) is 5.32 Å². The molecule has 19 heavy (non-hydrogen) atoms. The van der Waals surface area contributed by atoms with Crippen LogP contribution in [0.25, 0.3) is 0 Å². The molecule has 2 nitrogen and oxygen atoms in total. The van der Waals surface area contributed by atoms with Gasteiger partial charge in [-0.15, -0.1) is 0 Å². The van der Waals surface area contributed by atoms with Gasteiger partial charge in [0.25, 0.3) is 0 Å². The highest BCUT2D eigenvalue weighted by molar-refractivity contribution is 5.48. The van der Waals surface area contributed by atoms with E-state index in [1.54, 1.807) is 6.92 Å². The summed E-state index contributed by atoms with van der Waals surface area (Å²) >= 11 is 0. The van der Waals surface area contributed by atoms with Crippen LogP contribution in [0.3, 0.4) is 0 Å². The van der Waals surface area contributed by atoms with Gasteiger partial charge in [-0.25, -0.2) is 13.2 Å². The number of benzene rings is 2. The van der Waals surface area contributed by atoms with E-state index < -0.39 is 23.5 Å². The van der Waals surface area contributed by atoms with Crippen molar-refractivity contribution in [2.24, 2.45) is 0 Å². The Hall–Kier alpha value is -2.17. The Balaban J connectivity index is 2.27. The molecule has 0 radical (unpaired) electrons. The maximum absolute atomic E-state index is 13.5. The molecule has 0 amide bonds. The van der Waals surface area contributed by atoms with Crippen LogP contribution >= 0.6 is 0 Å². The molecule has 0 aliphatic carbocycles. The fraction of sp³-hybridized carbons (Fsp3) is 0.143. The monoisotopic (exact) mass is 267 g/mol. The lowest BCUT2D eigenvalue weighted by atomic mass is 10.1. The first kappa shape index (κ1) is 13.3. The fourth-order valence-corrected chi connectivity index (χ4v) is 1.79. The van der Waals surface area contributed by atoms with Crippen molar-refractivity contribution < 1.29 is 18.3 Å². The molecule has 2 aromatic rings. The molecule has 100 valence electrons. The average Bonchev–Trinajstić information content (AvgIpc) is 2.36. The van der Waals surface area contributed by atoms with Crippen molar-refractivity contribution >= 4 is 5.69 Å². The normalized spacial score (nSPS) is 12.2. The van der Waals surface area contributed by atoms with E-state index in [0.717, 1.165) is 30.3 Å². The van der Waals surface area contributed by atoms with Crippen LogP contribution in [0.15, 0.2) is 36.4 Å². The van der Waals surface area contributed by atoms with Crippen molar-refractivity contribution in [1.29, 1.82) is 0 Å². The van der Waals surface area contributed by atoms with Gasteiger partial charge in [-0.2, -0.15) is 0 Å². The molecule has 2 rings (SSSR count). The molecule has 0 heterocycles. The Kier molecular flexibility index (Phi) is 3.64. The van der Waals surface area contributed by atoms with Crippen molar-refractivity contribution in [3.8, 4) is 5.75 Å². The van der Waals surface area contributed by atoms with Gasteiger partial charge < -0.3 is 10.4 Å². The zero-order valence-corrected chi connectivity index (χ0v) is 10.1. The standard InChI is InChI=1S/C14H12F3NO/c1-8(11-6-9(15)3-5-14(11)19)18-13-7-10(16)2-4-12(13)17/h2-8,18-19H,1H3. The van der Waals surface area contributed by atoms with E-state index >= 15 is 0 Å². The smallest absolute Gasteiger partial charge is 0.146 e. The molecule has 0 bridgehead atoms. The Morgan fingerprint density at radius 1 is 1.00 bits per heavy atom. The number of anilines is 1. The van der Waals surface area contributed by atoms with Crippen LogP contribution in [0.2, 0.25) is 0 Å². The van der Waals surface area contributed by atoms with Crippen LogP contribution in [0.1, 0.15) is 18.5 Å². The number of hydrogen-bond donors (Lipinski definition) is 2. The van der Waals surface area contributed by atoms with E-state index in [1.165, 1.54) is 6.07 Å². The zero-order valence-electron chi connectivity index (χ0n) is 10.1. The molecule has 2 N–H and O–H groups in total. The van der Waals surface area contributed by atoms with Crippen molar-refractivity contribution in [2.45, 2.75) is 13.0 Å². The Bertz CT molecular complexity index is 601. The van der Waals surface area contributed by atoms with Crippen LogP contribution in [0.4, 0.5) is 18.9 Å². The molecule has 0 aliphatic rings. The first-order valence-corrected chi connectivity index (χ1v) is 5.67. The van der Waals surface area contributed by atoms with Gasteiger partial charge in [-0.3, -0.25) is 0 Å². The molecule has 0 spiro atoms. The number of rotatable bonds is 3. The molecule has 2 aromatic carbocycles. The maximum Gasteiger partial charge on any atom is 0.146 e. The summed E-state index contributed by atoms with van der Waals surface area (Å²) in [6, 6.07) is 5.90. The molecule has 0 saturated carbocycles. The third kappa shape index (κ3) is 2.99. The molecular weight excluding hydrogens is 255 g/mol. The van der Waals surface area contributed by atoms with Gasteiger partial charge in [0.1, 0.15) is 23.2 Å². The van der Waals surface area contributed by atoms with Crippen molar-refractivity contribution in [2.75, 3.05) is 5.32 Å². The molecule has 0 aliphatic heterocycles. The molecular formula is C14H12F3NO. The highest BCUT2D eigenvalue weighted by Gasteiger charge is 2.13. The number of phenols is 1. The van der Waals surface area contributed by atoms with E-state index in [9.17, 15) is 18.3 Å². The first-order chi connectivity index (χ1) is 8.97. The van der Waals surface area contributed by atoms with E-state index in [-0.39, 0.29) is 17.0 Å². The predicted molar refractivity (Wildman–Crippen MR) is 66.5 cm³/mol. The second-order valence-electron chi connectivity index (χ2n) is 4.19. The minimum absolute atomic E-state index is 0.0452. The highest BCUT2D eigenvalue weighted by Crippen LogP contribution is 2.28. The van der Waals surface area contributed by atoms with E-state index in [0.29, 0.717) is 0 Å². The topological polar surface area (TPSA) is 32.3 Å². The third-order valence-corrected chi connectivity index (χ3v) is 2.76. The summed E-state index contributed by atoms with van der Waals surface area (Å²) in [5, 5.41) is 12.3. The summed E-state index contributed by atoms with van der Waals surface area (Å²) in [5.41, 5.74) is 0.222. The van der Waals surface area contributed by atoms with E-state index in [1.807, 2.05) is 0 Å². The second-order valence-corrected chi connectivity index (χ2v) is 4.19. The molecule has 1 unspecified atom stereocenters. The maximum atomic E-state index is 13.5. The summed E-state index contributed by atoms with van der Waals surface area (Å²) < 4.78 is 39.6. The van der Waals surface area contributed by atoms with Gasteiger partial charge in [0.15, 0.2) is 0 Å². The largest absolute Gasteiger partial charge is 0.508 e. The SMILES string of the molecule is CC(Nc1cc(F)ccc1F)c1cc(F)ccc1O. The molecule has 1 atom stereocenters. The van der Waals surface area contributed by atoms with Crippen LogP contribution in [0, 0.1) is 17.5 Å². The predicted octanol–water partition coefficient (Wildman–Crippen LogP) is 3.98. The van der Waals surface area contributed by atoms with Gasteiger partial charge in [-0.1, -0.05) is 0 Å². The molecule has 0 fully saturated rings. The summed E-state index contributed by atoms with van der Waals surface area (Å²) in [7, 11) is 0. The number of hydrogen-bond acceptors (Lipinski definition) is 2. The summed E-state index contributed by atoms with van der Waals surface area (Å²) in [6.07, 6.45) is 0. The van der Waals surface area contributed by atoms with Crippen LogP contribution in [-0.4, -0.2) is 5.11 Å². The number of aromatic hydroxyl groups is 1. The van der Waals surface area contributed by atoms with Crippen LogP contribution < -0.4 is 5.32 Å². The minimum Gasteiger partial charge on any atom is -0.508 e. The Morgan fingerprint density at radius 2 is 1.63 bits per heavy atom. The number of halogens is 3. The number of nitrogens with one attached hydrogen (secondary N) is 1. The van der Waals surface area contributed by atoms with Crippen LogP contribution in [0.5, 0.6) is 5.75 Å². The zero-order chi connectivity index (χ0) is 14.0. The van der Waals surface area contributed by atoms with Crippen molar-refractivity contribution in [3.63, 3.8) is 0 Å². The summed E-state index contributed by atoms with van der Waals surface area (Å²) in [6.45, 7) is 1.61. The molecule has 5 heteroatoms. The van der Waals surface area contributed by atoms with Crippen LogP contribution in [-0.2, 0) is 0 Å². The highest BCUT2D eigenvalue weighted by atomic mass is 19.1. The third-order valence-electron chi connectivity index (χ3n) is 2.76. The van der Waals surface area contributed by atoms with Gasteiger partial charge in [-0.05, 0) is 43.3 Å². The lowest BCUT2D eigenvalue weighted by Gasteiger charge is -2.17. The second kappa shape index (κ2) is 5.22. The molecule has 0 aromatic heterocycles. The van der Waals surface area contributed by atoms with E-state index in [4.69, 9.17) is 0 Å². The number of phenolic OH excluding ortho intramolecular Hbond substituents is 1. The summed E-state index contributed by atoms with van der Waals surface area (Å²) in [5.74, 6) is -1.83. The average molecular weight is 267 g/mol. The Morgan fingerprint density at radius 3 is 2.37 bits per heavy atom. The van der Waals surface area contributed by atoms with Crippen molar-refractivity contribution in [3.05, 3.63) is 59.4 Å². The first-order valence-electron chi connectivity index (χ1n) is 5.67.